The van der Waals surface area contributed by atoms with Gasteiger partial charge in [-0.2, -0.15) is 0 Å². The molecule has 0 saturated carbocycles. The molecule has 5 heteroatoms. The second-order valence-electron chi connectivity index (χ2n) is 4.85. The molecule has 0 radical (unpaired) electrons. The van der Waals surface area contributed by atoms with Crippen molar-refractivity contribution in [1.29, 1.82) is 0 Å². The molecule has 1 heterocycles. The number of likely N-dealkylation sites (N-methyl/N-ethyl adjacent to an activating group) is 1. The second-order valence-corrected chi connectivity index (χ2v) is 4.85. The molecule has 0 spiro atoms. The van der Waals surface area contributed by atoms with E-state index < -0.39 is 12.0 Å². The average molecular weight is 242 g/mol. The number of likely N-dealkylation sites (tertiary alicyclic amines) is 1. The number of rotatable bonds is 5. The highest BCUT2D eigenvalue weighted by molar-refractivity contribution is 5.87. The molecule has 2 N–H and O–H groups in total. The van der Waals surface area contributed by atoms with Crippen molar-refractivity contribution in [2.24, 2.45) is 5.92 Å². The molecule has 0 aromatic heterocycles. The molecule has 0 aliphatic carbocycles. The summed E-state index contributed by atoms with van der Waals surface area (Å²) in [6.07, 6.45) is 2.54. The van der Waals surface area contributed by atoms with Crippen molar-refractivity contribution < 1.29 is 14.7 Å². The van der Waals surface area contributed by atoms with Gasteiger partial charge >= 0.3 is 5.97 Å². The third-order valence-corrected chi connectivity index (χ3v) is 3.60. The number of nitrogens with one attached hydrogen (secondary N) is 1. The van der Waals surface area contributed by atoms with Crippen molar-refractivity contribution in [2.75, 3.05) is 13.6 Å². The van der Waals surface area contributed by atoms with Crippen LogP contribution in [0.4, 0.5) is 0 Å². The Morgan fingerprint density at radius 2 is 2.18 bits per heavy atom. The molecule has 0 bridgehead atoms. The van der Waals surface area contributed by atoms with Crippen LogP contribution in [-0.2, 0) is 9.59 Å². The smallest absolute Gasteiger partial charge is 0.326 e. The predicted molar refractivity (Wildman–Crippen MR) is 64.7 cm³/mol. The zero-order valence-electron chi connectivity index (χ0n) is 10.8. The summed E-state index contributed by atoms with van der Waals surface area (Å²) in [6.45, 7) is 4.67. The standard InChI is InChI=1S/C12H22N2O3/c1-4-8(2)10(12(16)17)13-11(15)9-6-5-7-14(9)3/h8-10H,4-7H2,1-3H3,(H,13,15)(H,16,17)/t8?,9-,10?/m0/s1. The van der Waals surface area contributed by atoms with Crippen LogP contribution in [0, 0.1) is 5.92 Å². The van der Waals surface area contributed by atoms with Gasteiger partial charge in [0.05, 0.1) is 6.04 Å². The van der Waals surface area contributed by atoms with E-state index in [1.807, 2.05) is 25.8 Å². The molecule has 1 aliphatic rings. The van der Waals surface area contributed by atoms with Gasteiger partial charge in [-0.15, -0.1) is 0 Å². The Morgan fingerprint density at radius 1 is 1.53 bits per heavy atom. The van der Waals surface area contributed by atoms with Crippen molar-refractivity contribution in [3.05, 3.63) is 0 Å². The largest absolute Gasteiger partial charge is 0.480 e. The Morgan fingerprint density at radius 3 is 2.59 bits per heavy atom. The summed E-state index contributed by atoms with van der Waals surface area (Å²) in [6, 6.07) is -0.942. The number of hydrogen-bond donors (Lipinski definition) is 2. The fourth-order valence-electron chi connectivity index (χ4n) is 2.17. The van der Waals surface area contributed by atoms with Gasteiger partial charge in [0.1, 0.15) is 6.04 Å². The molecule has 1 aliphatic heterocycles. The van der Waals surface area contributed by atoms with Gasteiger partial charge in [0.15, 0.2) is 0 Å². The zero-order valence-corrected chi connectivity index (χ0v) is 10.8. The minimum atomic E-state index is -0.951. The van der Waals surface area contributed by atoms with Crippen LogP contribution < -0.4 is 5.32 Å². The van der Waals surface area contributed by atoms with Crippen molar-refractivity contribution in [1.82, 2.24) is 10.2 Å². The van der Waals surface area contributed by atoms with Crippen molar-refractivity contribution >= 4 is 11.9 Å². The van der Waals surface area contributed by atoms with Gasteiger partial charge in [-0.3, -0.25) is 9.69 Å². The molecule has 3 atom stereocenters. The number of carbonyl (C=O) groups is 2. The maximum absolute atomic E-state index is 12.0. The summed E-state index contributed by atoms with van der Waals surface area (Å²) in [5, 5.41) is 11.8. The maximum atomic E-state index is 12.0. The van der Waals surface area contributed by atoms with Crippen LogP contribution in [0.15, 0.2) is 0 Å². The fraction of sp³-hybridized carbons (Fsp3) is 0.833. The summed E-state index contributed by atoms with van der Waals surface area (Å²) in [7, 11) is 1.90. The highest BCUT2D eigenvalue weighted by Gasteiger charge is 2.32. The first-order chi connectivity index (χ1) is 7.97. The van der Waals surface area contributed by atoms with E-state index in [0.29, 0.717) is 0 Å². The topological polar surface area (TPSA) is 69.6 Å². The van der Waals surface area contributed by atoms with Crippen LogP contribution in [-0.4, -0.2) is 47.6 Å². The third kappa shape index (κ3) is 3.43. The summed E-state index contributed by atoms with van der Waals surface area (Å²) < 4.78 is 0. The van der Waals surface area contributed by atoms with Gasteiger partial charge in [0.2, 0.25) is 5.91 Å². The quantitative estimate of drug-likeness (QED) is 0.744. The highest BCUT2D eigenvalue weighted by Crippen LogP contribution is 2.16. The van der Waals surface area contributed by atoms with Crippen molar-refractivity contribution in [2.45, 2.75) is 45.2 Å². The predicted octanol–water partition coefficient (Wildman–Crippen LogP) is 0.696. The monoisotopic (exact) mass is 242 g/mol. The molecule has 98 valence electrons. The summed E-state index contributed by atoms with van der Waals surface area (Å²) >= 11 is 0. The molecule has 1 fully saturated rings. The van der Waals surface area contributed by atoms with Crippen LogP contribution >= 0.6 is 0 Å². The summed E-state index contributed by atoms with van der Waals surface area (Å²) in [4.78, 5) is 25.1. The first kappa shape index (κ1) is 14.0. The Kier molecular flexibility index (Phi) is 4.93. The van der Waals surface area contributed by atoms with Crippen LogP contribution in [0.5, 0.6) is 0 Å². The van der Waals surface area contributed by atoms with Gasteiger partial charge < -0.3 is 10.4 Å². The summed E-state index contributed by atoms with van der Waals surface area (Å²) in [5.74, 6) is -1.16. The van der Waals surface area contributed by atoms with E-state index in [1.54, 1.807) is 0 Å². The highest BCUT2D eigenvalue weighted by atomic mass is 16.4. The fourth-order valence-corrected chi connectivity index (χ4v) is 2.17. The number of hydrogen-bond acceptors (Lipinski definition) is 3. The van der Waals surface area contributed by atoms with E-state index in [1.165, 1.54) is 0 Å². The zero-order chi connectivity index (χ0) is 13.0. The first-order valence-electron chi connectivity index (χ1n) is 6.20. The van der Waals surface area contributed by atoms with Crippen LogP contribution in [0.1, 0.15) is 33.1 Å². The lowest BCUT2D eigenvalue weighted by Gasteiger charge is -2.24. The molecule has 0 aromatic rings. The number of nitrogens with zero attached hydrogens (tertiary/aromatic N) is 1. The third-order valence-electron chi connectivity index (χ3n) is 3.60. The molecule has 5 nitrogen and oxygen atoms in total. The molecular weight excluding hydrogens is 220 g/mol. The molecular formula is C12H22N2O3. The molecule has 1 saturated heterocycles. The molecule has 1 rings (SSSR count). The normalized spacial score (nSPS) is 24.3. The molecule has 0 aromatic carbocycles. The molecule has 17 heavy (non-hydrogen) atoms. The second kappa shape index (κ2) is 6.00. The van der Waals surface area contributed by atoms with E-state index >= 15 is 0 Å². The molecule has 1 amide bonds. The lowest BCUT2D eigenvalue weighted by molar-refractivity contribution is -0.144. The number of aliphatic carboxylic acids is 1. The lowest BCUT2D eigenvalue weighted by Crippen LogP contribution is -2.51. The first-order valence-corrected chi connectivity index (χ1v) is 6.20. The van der Waals surface area contributed by atoms with Crippen LogP contribution in [0.3, 0.4) is 0 Å². The minimum Gasteiger partial charge on any atom is -0.480 e. The summed E-state index contributed by atoms with van der Waals surface area (Å²) in [5.41, 5.74) is 0. The Bertz CT molecular complexity index is 293. The van der Waals surface area contributed by atoms with E-state index in [4.69, 9.17) is 5.11 Å². The SMILES string of the molecule is CCC(C)C(NC(=O)[C@@H]1CCCN1C)C(=O)O. The van der Waals surface area contributed by atoms with E-state index in [9.17, 15) is 9.59 Å². The van der Waals surface area contributed by atoms with Gasteiger partial charge in [-0.05, 0) is 32.4 Å². The van der Waals surface area contributed by atoms with Gasteiger partial charge in [0.25, 0.3) is 0 Å². The number of amides is 1. The van der Waals surface area contributed by atoms with E-state index in [2.05, 4.69) is 5.32 Å². The minimum absolute atomic E-state index is 0.0526. The van der Waals surface area contributed by atoms with E-state index in [0.717, 1.165) is 25.8 Å². The lowest BCUT2D eigenvalue weighted by atomic mass is 9.99. The van der Waals surface area contributed by atoms with Crippen molar-refractivity contribution in [3.8, 4) is 0 Å². The van der Waals surface area contributed by atoms with Gasteiger partial charge in [0, 0.05) is 0 Å². The number of carboxylic acids is 1. The Hall–Kier alpha value is -1.10. The Balaban J connectivity index is 2.61. The number of carboxylic acid groups (broad SMARTS) is 1. The average Bonchev–Trinajstić information content (AvgIpc) is 2.70. The number of carbonyl (C=O) groups excluding carboxylic acids is 1. The van der Waals surface area contributed by atoms with Crippen LogP contribution in [0.2, 0.25) is 0 Å². The Labute approximate surface area is 102 Å². The maximum Gasteiger partial charge on any atom is 0.326 e. The molecule has 2 unspecified atom stereocenters. The van der Waals surface area contributed by atoms with Crippen molar-refractivity contribution in [3.63, 3.8) is 0 Å². The van der Waals surface area contributed by atoms with Gasteiger partial charge in [-0.25, -0.2) is 4.79 Å². The van der Waals surface area contributed by atoms with Gasteiger partial charge in [-0.1, -0.05) is 20.3 Å². The van der Waals surface area contributed by atoms with E-state index in [-0.39, 0.29) is 17.9 Å². The van der Waals surface area contributed by atoms with Crippen LogP contribution in [0.25, 0.3) is 0 Å².